The summed E-state index contributed by atoms with van der Waals surface area (Å²) in [5.74, 6) is 1.02. The van der Waals surface area contributed by atoms with E-state index in [9.17, 15) is 4.79 Å². The van der Waals surface area contributed by atoms with E-state index in [1.54, 1.807) is 12.3 Å². The van der Waals surface area contributed by atoms with Crippen LogP contribution >= 0.6 is 0 Å². The molecule has 1 aromatic heterocycles. The number of hydrogen-bond acceptors (Lipinski definition) is 5. The second-order valence-corrected chi connectivity index (χ2v) is 6.23. The highest BCUT2D eigenvalue weighted by Gasteiger charge is 2.39. The Morgan fingerprint density at radius 1 is 1.26 bits per heavy atom. The van der Waals surface area contributed by atoms with Gasteiger partial charge in [0.1, 0.15) is 11.4 Å². The van der Waals surface area contributed by atoms with Crippen molar-refractivity contribution in [1.29, 1.82) is 0 Å². The molecular weight excluding hydrogens is 292 g/mol. The molecule has 1 aromatic carbocycles. The Hall–Kier alpha value is -2.63. The molecule has 0 unspecified atom stereocenters. The van der Waals surface area contributed by atoms with Gasteiger partial charge in [-0.15, -0.1) is 0 Å². The van der Waals surface area contributed by atoms with E-state index in [1.807, 2.05) is 51.1 Å². The van der Waals surface area contributed by atoms with E-state index in [0.717, 1.165) is 5.56 Å². The standard InChI is InChI=1S/C17H20N4O2/c1-12(13-7-5-4-6-8-13)19-15-18-10-9-14(20-15)21-11-17(2,3)23-16(21)22/h4-10,12H,11H2,1-3H3,(H,18,19,20)/t12-/m1/s1. The monoisotopic (exact) mass is 312 g/mol. The molecule has 1 aliphatic heterocycles. The van der Waals surface area contributed by atoms with E-state index in [2.05, 4.69) is 15.3 Å². The predicted molar refractivity (Wildman–Crippen MR) is 88.4 cm³/mol. The van der Waals surface area contributed by atoms with Crippen LogP contribution in [0.25, 0.3) is 0 Å². The van der Waals surface area contributed by atoms with Gasteiger partial charge in [-0.25, -0.2) is 9.78 Å². The summed E-state index contributed by atoms with van der Waals surface area (Å²) >= 11 is 0. The molecule has 120 valence electrons. The van der Waals surface area contributed by atoms with Crippen LogP contribution in [0.15, 0.2) is 42.6 Å². The summed E-state index contributed by atoms with van der Waals surface area (Å²) in [7, 11) is 0. The molecule has 0 radical (unpaired) electrons. The van der Waals surface area contributed by atoms with E-state index in [0.29, 0.717) is 18.3 Å². The average molecular weight is 312 g/mol. The number of benzene rings is 1. The summed E-state index contributed by atoms with van der Waals surface area (Å²) in [4.78, 5) is 22.2. The van der Waals surface area contributed by atoms with Crippen molar-refractivity contribution in [1.82, 2.24) is 9.97 Å². The minimum Gasteiger partial charge on any atom is -0.441 e. The van der Waals surface area contributed by atoms with Crippen molar-refractivity contribution in [3.63, 3.8) is 0 Å². The molecule has 1 fully saturated rings. The van der Waals surface area contributed by atoms with Crippen molar-refractivity contribution < 1.29 is 9.53 Å². The molecule has 1 aliphatic rings. The van der Waals surface area contributed by atoms with Crippen LogP contribution in [0, 0.1) is 0 Å². The van der Waals surface area contributed by atoms with Gasteiger partial charge in [-0.05, 0) is 32.4 Å². The van der Waals surface area contributed by atoms with Gasteiger partial charge in [0, 0.05) is 6.20 Å². The molecule has 0 aliphatic carbocycles. The number of ether oxygens (including phenoxy) is 1. The first kappa shape index (κ1) is 15.3. The van der Waals surface area contributed by atoms with Crippen molar-refractivity contribution in [3.05, 3.63) is 48.2 Å². The van der Waals surface area contributed by atoms with Crippen LogP contribution in [-0.2, 0) is 4.74 Å². The number of carbonyl (C=O) groups is 1. The van der Waals surface area contributed by atoms with Crippen molar-refractivity contribution >= 4 is 17.9 Å². The maximum atomic E-state index is 12.0. The molecule has 0 saturated carbocycles. The van der Waals surface area contributed by atoms with E-state index in [1.165, 1.54) is 4.90 Å². The zero-order valence-corrected chi connectivity index (χ0v) is 13.5. The molecule has 1 N–H and O–H groups in total. The predicted octanol–water partition coefficient (Wildman–Crippen LogP) is 3.38. The molecule has 23 heavy (non-hydrogen) atoms. The van der Waals surface area contributed by atoms with Crippen LogP contribution < -0.4 is 10.2 Å². The zero-order valence-electron chi connectivity index (χ0n) is 13.5. The second kappa shape index (κ2) is 5.87. The van der Waals surface area contributed by atoms with E-state index < -0.39 is 5.60 Å². The molecular formula is C17H20N4O2. The maximum Gasteiger partial charge on any atom is 0.416 e. The van der Waals surface area contributed by atoms with Crippen LogP contribution in [0.5, 0.6) is 0 Å². The molecule has 1 atom stereocenters. The van der Waals surface area contributed by atoms with Gasteiger partial charge in [0.2, 0.25) is 5.95 Å². The minimum atomic E-state index is -0.507. The molecule has 6 nitrogen and oxygen atoms in total. The fourth-order valence-corrected chi connectivity index (χ4v) is 2.53. The van der Waals surface area contributed by atoms with Gasteiger partial charge in [0.15, 0.2) is 0 Å². The average Bonchev–Trinajstić information content (AvgIpc) is 2.81. The van der Waals surface area contributed by atoms with Crippen LogP contribution in [-0.4, -0.2) is 28.2 Å². The Balaban J connectivity index is 1.77. The minimum absolute atomic E-state index is 0.0634. The summed E-state index contributed by atoms with van der Waals surface area (Å²) in [6.45, 7) is 6.26. The highest BCUT2D eigenvalue weighted by Crippen LogP contribution is 2.27. The largest absolute Gasteiger partial charge is 0.441 e. The Bertz CT molecular complexity index is 703. The van der Waals surface area contributed by atoms with E-state index in [4.69, 9.17) is 4.74 Å². The number of aromatic nitrogens is 2. The van der Waals surface area contributed by atoms with Gasteiger partial charge in [0.25, 0.3) is 0 Å². The Labute approximate surface area is 135 Å². The molecule has 6 heteroatoms. The second-order valence-electron chi connectivity index (χ2n) is 6.23. The van der Waals surface area contributed by atoms with Gasteiger partial charge in [0.05, 0.1) is 12.6 Å². The van der Waals surface area contributed by atoms with Crippen LogP contribution in [0.3, 0.4) is 0 Å². The quantitative estimate of drug-likeness (QED) is 0.937. The van der Waals surface area contributed by atoms with Crippen molar-refractivity contribution in [2.24, 2.45) is 0 Å². The summed E-state index contributed by atoms with van der Waals surface area (Å²) in [6.07, 6.45) is 1.26. The molecule has 3 rings (SSSR count). The highest BCUT2D eigenvalue weighted by molar-refractivity contribution is 5.89. The van der Waals surface area contributed by atoms with E-state index in [-0.39, 0.29) is 12.1 Å². The lowest BCUT2D eigenvalue weighted by Crippen LogP contribution is -2.29. The zero-order chi connectivity index (χ0) is 16.4. The summed E-state index contributed by atoms with van der Waals surface area (Å²) in [5.41, 5.74) is 0.635. The number of cyclic esters (lactones) is 1. The Morgan fingerprint density at radius 3 is 2.65 bits per heavy atom. The third kappa shape index (κ3) is 3.41. The summed E-state index contributed by atoms with van der Waals surface area (Å²) in [6, 6.07) is 11.8. The van der Waals surface area contributed by atoms with Gasteiger partial charge in [-0.1, -0.05) is 30.3 Å². The lowest BCUT2D eigenvalue weighted by Gasteiger charge is -2.17. The van der Waals surface area contributed by atoms with E-state index >= 15 is 0 Å². The number of carbonyl (C=O) groups excluding carboxylic acids is 1. The number of anilines is 2. The molecule has 2 aromatic rings. The number of rotatable bonds is 4. The topological polar surface area (TPSA) is 67.3 Å². The molecule has 0 spiro atoms. The number of hydrogen-bond donors (Lipinski definition) is 1. The fraction of sp³-hybridized carbons (Fsp3) is 0.353. The number of nitrogens with zero attached hydrogens (tertiary/aromatic N) is 3. The Kier molecular flexibility index (Phi) is 3.90. The first-order valence-corrected chi connectivity index (χ1v) is 7.60. The highest BCUT2D eigenvalue weighted by atomic mass is 16.6. The normalized spacial score (nSPS) is 17.7. The van der Waals surface area contributed by atoms with Crippen molar-refractivity contribution in [3.8, 4) is 0 Å². The van der Waals surface area contributed by atoms with Gasteiger partial charge in [-0.3, -0.25) is 4.90 Å². The smallest absolute Gasteiger partial charge is 0.416 e. The number of nitrogens with one attached hydrogen (secondary N) is 1. The van der Waals surface area contributed by atoms with Crippen molar-refractivity contribution in [2.75, 3.05) is 16.8 Å². The summed E-state index contributed by atoms with van der Waals surface area (Å²) in [5, 5.41) is 3.26. The molecule has 2 heterocycles. The van der Waals surface area contributed by atoms with Crippen LogP contribution in [0.4, 0.5) is 16.6 Å². The maximum absolute atomic E-state index is 12.0. The number of amides is 1. The van der Waals surface area contributed by atoms with Crippen LogP contribution in [0.2, 0.25) is 0 Å². The first-order valence-electron chi connectivity index (χ1n) is 7.60. The third-order valence-electron chi connectivity index (χ3n) is 3.69. The SMILES string of the molecule is C[C@@H](Nc1nccc(N2CC(C)(C)OC2=O)n1)c1ccccc1. The van der Waals surface area contributed by atoms with Gasteiger partial charge < -0.3 is 10.1 Å². The fourth-order valence-electron chi connectivity index (χ4n) is 2.53. The van der Waals surface area contributed by atoms with Crippen LogP contribution in [0.1, 0.15) is 32.4 Å². The first-order chi connectivity index (χ1) is 10.9. The van der Waals surface area contributed by atoms with Crippen molar-refractivity contribution in [2.45, 2.75) is 32.4 Å². The molecule has 1 amide bonds. The molecule has 1 saturated heterocycles. The lowest BCUT2D eigenvalue weighted by molar-refractivity contribution is 0.0871. The summed E-state index contributed by atoms with van der Waals surface area (Å²) < 4.78 is 5.31. The Morgan fingerprint density at radius 2 is 2.00 bits per heavy atom. The lowest BCUT2D eigenvalue weighted by atomic mass is 10.1. The molecule has 0 bridgehead atoms. The van der Waals surface area contributed by atoms with Gasteiger partial charge >= 0.3 is 6.09 Å². The third-order valence-corrected chi connectivity index (χ3v) is 3.69. The van der Waals surface area contributed by atoms with Gasteiger partial charge in [-0.2, -0.15) is 4.98 Å².